The number of methoxy groups -OCH3 is 1. The Balaban J connectivity index is 2.11. The summed E-state index contributed by atoms with van der Waals surface area (Å²) in [5.41, 5.74) is 3.59. The molecule has 0 fully saturated rings. The van der Waals surface area contributed by atoms with Crippen LogP contribution in [0.2, 0.25) is 0 Å². The van der Waals surface area contributed by atoms with E-state index in [0.717, 1.165) is 35.5 Å². The lowest BCUT2D eigenvalue weighted by atomic mass is 10.0. The number of hydrogen-bond acceptors (Lipinski definition) is 6. The number of fused-ring (bicyclic) bond motifs is 1. The summed E-state index contributed by atoms with van der Waals surface area (Å²) in [6, 6.07) is 6.30. The largest absolute Gasteiger partial charge is 0.383 e. The highest BCUT2D eigenvalue weighted by Crippen LogP contribution is 2.29. The van der Waals surface area contributed by atoms with Gasteiger partial charge in [-0.05, 0) is 52.9 Å². The summed E-state index contributed by atoms with van der Waals surface area (Å²) in [6.45, 7) is 10.6. The summed E-state index contributed by atoms with van der Waals surface area (Å²) in [5, 5.41) is 8.83. The van der Waals surface area contributed by atoms with Gasteiger partial charge in [-0.2, -0.15) is 4.68 Å². The minimum absolute atomic E-state index is 0.456. The van der Waals surface area contributed by atoms with Gasteiger partial charge in [-0.1, -0.05) is 32.1 Å². The third-order valence-corrected chi connectivity index (χ3v) is 5.25. The zero-order valence-electron chi connectivity index (χ0n) is 17.1. The first-order valence-corrected chi connectivity index (χ1v) is 10.4. The number of rotatable bonds is 8. The van der Waals surface area contributed by atoms with Crippen LogP contribution in [0.1, 0.15) is 44.5 Å². The molecule has 0 atom stereocenters. The van der Waals surface area contributed by atoms with E-state index in [2.05, 4.69) is 80.1 Å². The van der Waals surface area contributed by atoms with Crippen LogP contribution in [0.25, 0.3) is 16.9 Å². The second-order valence-corrected chi connectivity index (χ2v) is 7.97. The van der Waals surface area contributed by atoms with E-state index in [4.69, 9.17) is 4.74 Å². The van der Waals surface area contributed by atoms with E-state index in [1.54, 1.807) is 11.8 Å². The standard InChI is InChI=1S/C20H27BrN6O/c1-6-9-26(10-11-28-5)19-18-20(23-14(4)22-19)27(25-24-18)17-8-7-15(13(2)3)12-16(17)21/h7-8,12-13H,6,9-11H2,1-5H3. The molecule has 28 heavy (non-hydrogen) atoms. The average molecular weight is 447 g/mol. The summed E-state index contributed by atoms with van der Waals surface area (Å²) in [4.78, 5) is 11.5. The van der Waals surface area contributed by atoms with E-state index in [1.165, 1.54) is 5.56 Å². The molecule has 0 unspecified atom stereocenters. The van der Waals surface area contributed by atoms with Gasteiger partial charge in [0.25, 0.3) is 0 Å². The summed E-state index contributed by atoms with van der Waals surface area (Å²) >= 11 is 3.69. The summed E-state index contributed by atoms with van der Waals surface area (Å²) < 4.78 is 8.02. The number of anilines is 1. The van der Waals surface area contributed by atoms with Crippen molar-refractivity contribution in [1.29, 1.82) is 0 Å². The Morgan fingerprint density at radius 2 is 2.00 bits per heavy atom. The van der Waals surface area contributed by atoms with E-state index in [1.807, 2.05) is 6.92 Å². The molecule has 8 heteroatoms. The third kappa shape index (κ3) is 4.17. The van der Waals surface area contributed by atoms with Crippen molar-refractivity contribution in [1.82, 2.24) is 25.0 Å². The molecule has 2 aromatic heterocycles. The fourth-order valence-corrected chi connectivity index (χ4v) is 3.70. The highest BCUT2D eigenvalue weighted by atomic mass is 79.9. The van der Waals surface area contributed by atoms with Crippen LogP contribution in [0.3, 0.4) is 0 Å². The van der Waals surface area contributed by atoms with Crippen LogP contribution in [0.4, 0.5) is 5.82 Å². The van der Waals surface area contributed by atoms with E-state index >= 15 is 0 Å². The molecule has 2 heterocycles. The summed E-state index contributed by atoms with van der Waals surface area (Å²) in [7, 11) is 1.71. The Kier molecular flexibility index (Phi) is 6.61. The molecule has 0 spiro atoms. The second-order valence-electron chi connectivity index (χ2n) is 7.11. The number of halogens is 1. The van der Waals surface area contributed by atoms with Gasteiger partial charge in [0.1, 0.15) is 5.82 Å². The smallest absolute Gasteiger partial charge is 0.189 e. The summed E-state index contributed by atoms with van der Waals surface area (Å²) in [6.07, 6.45) is 1.00. The normalized spacial score (nSPS) is 11.5. The summed E-state index contributed by atoms with van der Waals surface area (Å²) in [5.74, 6) is 1.96. The van der Waals surface area contributed by atoms with Crippen molar-refractivity contribution in [3.63, 3.8) is 0 Å². The highest BCUT2D eigenvalue weighted by molar-refractivity contribution is 9.10. The maximum Gasteiger partial charge on any atom is 0.189 e. The topological polar surface area (TPSA) is 69.0 Å². The molecule has 0 saturated heterocycles. The molecule has 3 rings (SSSR count). The number of hydrogen-bond donors (Lipinski definition) is 0. The third-order valence-electron chi connectivity index (χ3n) is 4.62. The van der Waals surface area contributed by atoms with Gasteiger partial charge in [0, 0.05) is 24.7 Å². The van der Waals surface area contributed by atoms with Crippen molar-refractivity contribution in [3.05, 3.63) is 34.1 Å². The van der Waals surface area contributed by atoms with Gasteiger partial charge in [0.15, 0.2) is 17.0 Å². The van der Waals surface area contributed by atoms with Crippen LogP contribution in [-0.4, -0.2) is 51.8 Å². The lowest BCUT2D eigenvalue weighted by Crippen LogP contribution is -2.29. The predicted octanol–water partition coefficient (Wildman–Crippen LogP) is 4.27. The number of aromatic nitrogens is 5. The van der Waals surface area contributed by atoms with Crippen molar-refractivity contribution in [3.8, 4) is 5.69 Å². The van der Waals surface area contributed by atoms with Crippen molar-refractivity contribution in [2.45, 2.75) is 40.0 Å². The predicted molar refractivity (Wildman–Crippen MR) is 115 cm³/mol. The molecule has 0 aliphatic carbocycles. The van der Waals surface area contributed by atoms with Gasteiger partial charge in [0.2, 0.25) is 0 Å². The first-order valence-electron chi connectivity index (χ1n) is 9.60. The van der Waals surface area contributed by atoms with Crippen molar-refractivity contribution in [2.75, 3.05) is 31.7 Å². The van der Waals surface area contributed by atoms with E-state index in [0.29, 0.717) is 29.5 Å². The minimum atomic E-state index is 0.456. The van der Waals surface area contributed by atoms with Gasteiger partial charge in [0.05, 0.1) is 12.3 Å². The molecule has 0 radical (unpaired) electrons. The molecule has 0 bridgehead atoms. The quantitative estimate of drug-likeness (QED) is 0.514. The zero-order valence-corrected chi connectivity index (χ0v) is 18.7. The lowest BCUT2D eigenvalue weighted by Gasteiger charge is -2.23. The second kappa shape index (κ2) is 8.96. The van der Waals surface area contributed by atoms with Crippen LogP contribution in [0, 0.1) is 6.92 Å². The van der Waals surface area contributed by atoms with Crippen LogP contribution < -0.4 is 4.90 Å². The maximum absolute atomic E-state index is 5.27. The van der Waals surface area contributed by atoms with E-state index in [-0.39, 0.29) is 0 Å². The van der Waals surface area contributed by atoms with E-state index in [9.17, 15) is 0 Å². The van der Waals surface area contributed by atoms with Crippen LogP contribution >= 0.6 is 15.9 Å². The molecule has 1 aromatic carbocycles. The molecule has 150 valence electrons. The molecule has 0 aliphatic rings. The SMILES string of the molecule is CCCN(CCOC)c1nc(C)nc2c1nnn2-c1ccc(C(C)C)cc1Br. The molecule has 0 amide bonds. The number of benzene rings is 1. The van der Waals surface area contributed by atoms with Crippen molar-refractivity contribution in [2.24, 2.45) is 0 Å². The lowest BCUT2D eigenvalue weighted by molar-refractivity contribution is 0.205. The number of nitrogens with zero attached hydrogens (tertiary/aromatic N) is 6. The molecule has 0 N–H and O–H groups in total. The fraction of sp³-hybridized carbons (Fsp3) is 0.500. The minimum Gasteiger partial charge on any atom is -0.383 e. The molecule has 7 nitrogen and oxygen atoms in total. The Morgan fingerprint density at radius 1 is 1.21 bits per heavy atom. The Morgan fingerprint density at radius 3 is 2.64 bits per heavy atom. The zero-order chi connectivity index (χ0) is 20.3. The Labute approximate surface area is 174 Å². The van der Waals surface area contributed by atoms with Crippen molar-refractivity contribution >= 4 is 32.9 Å². The maximum atomic E-state index is 5.27. The van der Waals surface area contributed by atoms with E-state index < -0.39 is 0 Å². The monoisotopic (exact) mass is 446 g/mol. The first kappa shape index (κ1) is 20.7. The Bertz CT molecular complexity index is 955. The van der Waals surface area contributed by atoms with Crippen LogP contribution in [0.15, 0.2) is 22.7 Å². The van der Waals surface area contributed by atoms with Crippen molar-refractivity contribution < 1.29 is 4.74 Å². The van der Waals surface area contributed by atoms with Gasteiger partial charge in [-0.25, -0.2) is 9.97 Å². The Hall–Kier alpha value is -2.06. The first-order chi connectivity index (χ1) is 13.5. The van der Waals surface area contributed by atoms with Gasteiger partial charge < -0.3 is 9.64 Å². The number of aryl methyl sites for hydroxylation is 1. The molecule has 3 aromatic rings. The fourth-order valence-electron chi connectivity index (χ4n) is 3.14. The number of ether oxygens (including phenoxy) is 1. The average Bonchev–Trinajstić information content (AvgIpc) is 3.07. The molecule has 0 aliphatic heterocycles. The molecular weight excluding hydrogens is 420 g/mol. The highest BCUT2D eigenvalue weighted by Gasteiger charge is 2.20. The van der Waals surface area contributed by atoms with Gasteiger partial charge in [-0.3, -0.25) is 0 Å². The van der Waals surface area contributed by atoms with Gasteiger partial charge >= 0.3 is 0 Å². The molecular formula is C20H27BrN6O. The van der Waals surface area contributed by atoms with Crippen LogP contribution in [-0.2, 0) is 4.74 Å². The van der Waals surface area contributed by atoms with Crippen LogP contribution in [0.5, 0.6) is 0 Å². The van der Waals surface area contributed by atoms with Gasteiger partial charge in [-0.15, -0.1) is 5.10 Å². The molecule has 0 saturated carbocycles.